The van der Waals surface area contributed by atoms with Crippen molar-refractivity contribution in [1.82, 2.24) is 19.8 Å². The molecule has 25 heavy (non-hydrogen) atoms. The highest BCUT2D eigenvalue weighted by molar-refractivity contribution is 7.80. The monoisotopic (exact) mass is 356 g/mol. The van der Waals surface area contributed by atoms with Crippen LogP contribution in [-0.4, -0.2) is 38.8 Å². The van der Waals surface area contributed by atoms with Gasteiger partial charge in [-0.15, -0.1) is 0 Å². The van der Waals surface area contributed by atoms with E-state index in [1.807, 2.05) is 18.3 Å². The largest absolute Gasteiger partial charge is 0.376 e. The van der Waals surface area contributed by atoms with Crippen LogP contribution in [0.4, 0.5) is 0 Å². The summed E-state index contributed by atoms with van der Waals surface area (Å²) in [5, 5.41) is 4.29. The predicted octanol–water partition coefficient (Wildman–Crippen LogP) is 2.88. The Hall–Kier alpha value is -1.92. The summed E-state index contributed by atoms with van der Waals surface area (Å²) in [6.07, 6.45) is 4.34. The summed E-state index contributed by atoms with van der Waals surface area (Å²) in [6.45, 7) is 3.81. The van der Waals surface area contributed by atoms with Crippen LogP contribution in [0.2, 0.25) is 0 Å². The van der Waals surface area contributed by atoms with E-state index < -0.39 is 0 Å². The Morgan fingerprint density at radius 1 is 1.32 bits per heavy atom. The minimum absolute atomic E-state index is 0.0445. The number of ether oxygens (including phenoxy) is 1. The predicted molar refractivity (Wildman–Crippen MR) is 101 cm³/mol. The van der Waals surface area contributed by atoms with Gasteiger partial charge in [0.15, 0.2) is 5.11 Å². The van der Waals surface area contributed by atoms with Gasteiger partial charge in [-0.3, -0.25) is 4.98 Å². The number of pyridine rings is 1. The molecule has 2 aromatic heterocycles. The number of nitrogens with one attached hydrogen (secondary N) is 1. The van der Waals surface area contributed by atoms with Crippen LogP contribution < -0.4 is 5.32 Å². The van der Waals surface area contributed by atoms with E-state index >= 15 is 0 Å². The van der Waals surface area contributed by atoms with Crippen molar-refractivity contribution in [2.75, 3.05) is 13.2 Å². The van der Waals surface area contributed by atoms with Gasteiger partial charge in [0, 0.05) is 37.8 Å². The van der Waals surface area contributed by atoms with Crippen molar-refractivity contribution < 1.29 is 4.74 Å². The number of aromatic nitrogens is 2. The van der Waals surface area contributed by atoms with E-state index in [4.69, 9.17) is 17.0 Å². The van der Waals surface area contributed by atoms with Gasteiger partial charge in [-0.1, -0.05) is 6.07 Å². The molecular weight excluding hydrogens is 332 g/mol. The molecule has 0 saturated carbocycles. The van der Waals surface area contributed by atoms with Crippen LogP contribution >= 0.6 is 12.2 Å². The molecule has 3 atom stereocenters. The van der Waals surface area contributed by atoms with Crippen molar-refractivity contribution in [1.29, 1.82) is 0 Å². The van der Waals surface area contributed by atoms with Crippen LogP contribution in [-0.2, 0) is 11.8 Å². The van der Waals surface area contributed by atoms with Crippen molar-refractivity contribution >= 4 is 17.3 Å². The lowest BCUT2D eigenvalue weighted by molar-refractivity contribution is 0.0835. The van der Waals surface area contributed by atoms with Gasteiger partial charge in [-0.2, -0.15) is 0 Å². The van der Waals surface area contributed by atoms with Gasteiger partial charge in [0.2, 0.25) is 0 Å². The third kappa shape index (κ3) is 3.04. The van der Waals surface area contributed by atoms with E-state index in [0.717, 1.165) is 36.8 Å². The van der Waals surface area contributed by atoms with Crippen LogP contribution in [0.25, 0.3) is 0 Å². The SMILES string of the molecule is Cc1ccc([C@@H]2[C@H](c3ccccn3)NC(=S)N2C[C@@H]2CCCO2)n1C. The van der Waals surface area contributed by atoms with Crippen LogP contribution in [0.5, 0.6) is 0 Å². The van der Waals surface area contributed by atoms with E-state index in [2.05, 4.69) is 51.9 Å². The highest BCUT2D eigenvalue weighted by Crippen LogP contribution is 2.39. The van der Waals surface area contributed by atoms with Gasteiger partial charge in [0.05, 0.1) is 23.9 Å². The Morgan fingerprint density at radius 2 is 2.20 bits per heavy atom. The third-order valence-electron chi connectivity index (χ3n) is 5.34. The molecule has 4 rings (SSSR count). The number of hydrogen-bond acceptors (Lipinski definition) is 3. The molecule has 0 bridgehead atoms. The smallest absolute Gasteiger partial charge is 0.170 e. The lowest BCUT2D eigenvalue weighted by Crippen LogP contribution is -2.36. The first kappa shape index (κ1) is 16.5. The zero-order chi connectivity index (χ0) is 17.4. The highest BCUT2D eigenvalue weighted by Gasteiger charge is 2.42. The standard InChI is InChI=1S/C19H24N4OS/c1-13-8-9-16(22(13)2)18-17(15-7-3-4-10-20-15)21-19(25)23(18)12-14-6-5-11-24-14/h3-4,7-10,14,17-18H,5-6,11-12H2,1-2H3,(H,21,25)/t14-,17-,18+/m0/s1. The van der Waals surface area contributed by atoms with Gasteiger partial charge < -0.3 is 19.5 Å². The van der Waals surface area contributed by atoms with E-state index in [1.54, 1.807) is 0 Å². The van der Waals surface area contributed by atoms with Crippen LogP contribution in [0.1, 0.15) is 42.0 Å². The number of thiocarbonyl (C=S) groups is 1. The average molecular weight is 356 g/mol. The van der Waals surface area contributed by atoms with Crippen molar-refractivity contribution in [2.24, 2.45) is 7.05 Å². The molecule has 2 aliphatic rings. The zero-order valence-corrected chi connectivity index (χ0v) is 15.5. The summed E-state index contributed by atoms with van der Waals surface area (Å²) >= 11 is 5.70. The Labute approximate surface area is 154 Å². The van der Waals surface area contributed by atoms with E-state index in [-0.39, 0.29) is 18.2 Å². The molecule has 0 amide bonds. The molecule has 0 aliphatic carbocycles. The summed E-state index contributed by atoms with van der Waals surface area (Å²) in [7, 11) is 2.12. The molecule has 1 N–H and O–H groups in total. The van der Waals surface area contributed by atoms with Gasteiger partial charge in [0.25, 0.3) is 0 Å². The number of hydrogen-bond donors (Lipinski definition) is 1. The molecule has 0 radical (unpaired) electrons. The lowest BCUT2D eigenvalue weighted by Gasteiger charge is -2.30. The number of nitrogens with zero attached hydrogens (tertiary/aromatic N) is 3. The normalized spacial score (nSPS) is 26.2. The summed E-state index contributed by atoms with van der Waals surface area (Å²) in [5.41, 5.74) is 3.51. The zero-order valence-electron chi connectivity index (χ0n) is 14.7. The fourth-order valence-corrected chi connectivity index (χ4v) is 4.18. The van der Waals surface area contributed by atoms with E-state index in [9.17, 15) is 0 Å². The summed E-state index contributed by atoms with van der Waals surface area (Å²) in [6, 6.07) is 10.6. The second-order valence-electron chi connectivity index (χ2n) is 6.87. The number of rotatable bonds is 4. The van der Waals surface area contributed by atoms with Crippen LogP contribution in [0.15, 0.2) is 36.5 Å². The van der Waals surface area contributed by atoms with Gasteiger partial charge in [0.1, 0.15) is 0 Å². The second-order valence-corrected chi connectivity index (χ2v) is 7.26. The van der Waals surface area contributed by atoms with Crippen molar-refractivity contribution in [2.45, 2.75) is 38.0 Å². The van der Waals surface area contributed by atoms with Crippen LogP contribution in [0, 0.1) is 6.92 Å². The average Bonchev–Trinajstić information content (AvgIpc) is 3.32. The molecule has 0 unspecified atom stereocenters. The molecule has 6 heteroatoms. The quantitative estimate of drug-likeness (QED) is 0.854. The summed E-state index contributed by atoms with van der Waals surface area (Å²) in [5.74, 6) is 0. The Morgan fingerprint density at radius 3 is 2.84 bits per heavy atom. The summed E-state index contributed by atoms with van der Waals surface area (Å²) in [4.78, 5) is 6.88. The maximum absolute atomic E-state index is 5.87. The van der Waals surface area contributed by atoms with Gasteiger partial charge >= 0.3 is 0 Å². The molecule has 2 fully saturated rings. The minimum atomic E-state index is 0.0445. The lowest BCUT2D eigenvalue weighted by atomic mass is 10.0. The molecule has 2 saturated heterocycles. The topological polar surface area (TPSA) is 42.3 Å². The molecule has 2 aliphatic heterocycles. The molecule has 5 nitrogen and oxygen atoms in total. The summed E-state index contributed by atoms with van der Waals surface area (Å²) < 4.78 is 8.12. The molecule has 132 valence electrons. The third-order valence-corrected chi connectivity index (χ3v) is 5.69. The molecule has 2 aromatic rings. The van der Waals surface area contributed by atoms with E-state index in [0.29, 0.717) is 0 Å². The van der Waals surface area contributed by atoms with Crippen molar-refractivity contribution in [3.63, 3.8) is 0 Å². The number of aryl methyl sites for hydroxylation is 1. The van der Waals surface area contributed by atoms with Crippen molar-refractivity contribution in [3.8, 4) is 0 Å². The first-order valence-corrected chi connectivity index (χ1v) is 9.28. The van der Waals surface area contributed by atoms with Crippen LogP contribution in [0.3, 0.4) is 0 Å². The van der Waals surface area contributed by atoms with Gasteiger partial charge in [-0.25, -0.2) is 0 Å². The van der Waals surface area contributed by atoms with Crippen molar-refractivity contribution in [3.05, 3.63) is 53.6 Å². The first-order chi connectivity index (χ1) is 12.1. The maximum atomic E-state index is 5.87. The molecule has 0 aromatic carbocycles. The molecule has 0 spiro atoms. The highest BCUT2D eigenvalue weighted by atomic mass is 32.1. The Bertz CT molecular complexity index is 754. The van der Waals surface area contributed by atoms with Gasteiger partial charge in [-0.05, 0) is 56.2 Å². The Balaban J connectivity index is 1.71. The fraction of sp³-hybridized carbons (Fsp3) is 0.474. The van der Waals surface area contributed by atoms with E-state index in [1.165, 1.54) is 11.4 Å². The molecule has 4 heterocycles. The Kier molecular flexibility index (Phi) is 4.48. The fourth-order valence-electron chi connectivity index (χ4n) is 3.86. The first-order valence-electron chi connectivity index (χ1n) is 8.87. The molecular formula is C19H24N4OS. The minimum Gasteiger partial charge on any atom is -0.376 e. The maximum Gasteiger partial charge on any atom is 0.170 e. The second kappa shape index (κ2) is 6.77.